The summed E-state index contributed by atoms with van der Waals surface area (Å²) in [4.78, 5) is 2.42. The van der Waals surface area contributed by atoms with Crippen LogP contribution in [0.4, 0.5) is 11.4 Å². The van der Waals surface area contributed by atoms with Crippen molar-refractivity contribution in [3.63, 3.8) is 0 Å². The fourth-order valence-electron chi connectivity index (χ4n) is 2.35. The second kappa shape index (κ2) is 4.96. The van der Waals surface area contributed by atoms with Gasteiger partial charge >= 0.3 is 0 Å². The molecule has 0 saturated carbocycles. The zero-order chi connectivity index (χ0) is 11.5. The van der Waals surface area contributed by atoms with E-state index in [1.165, 1.54) is 24.9 Å². The zero-order valence-corrected chi connectivity index (χ0v) is 10.7. The predicted octanol–water partition coefficient (Wildman–Crippen LogP) is 3.76. The highest BCUT2D eigenvalue weighted by atomic mass is 35.5. The van der Waals surface area contributed by atoms with E-state index in [1.807, 2.05) is 13.1 Å². The Labute approximate surface area is 103 Å². The van der Waals surface area contributed by atoms with Crippen molar-refractivity contribution in [3.8, 4) is 0 Å². The molecule has 2 nitrogen and oxygen atoms in total. The number of halogens is 1. The second-order valence-electron chi connectivity index (χ2n) is 4.45. The van der Waals surface area contributed by atoms with E-state index < -0.39 is 0 Å². The first-order valence-electron chi connectivity index (χ1n) is 5.96. The molecule has 0 amide bonds. The van der Waals surface area contributed by atoms with Crippen LogP contribution in [0.25, 0.3) is 0 Å². The van der Waals surface area contributed by atoms with Gasteiger partial charge in [-0.25, -0.2) is 0 Å². The molecule has 1 atom stereocenters. The normalized spacial score (nSPS) is 20.9. The van der Waals surface area contributed by atoms with Gasteiger partial charge in [0.25, 0.3) is 0 Å². The Morgan fingerprint density at radius 3 is 2.81 bits per heavy atom. The van der Waals surface area contributed by atoms with Gasteiger partial charge in [-0.05, 0) is 44.4 Å². The molecule has 88 valence electrons. The standard InChI is InChI=1S/C13H19ClN2/c1-10-5-3-4-8-16(10)13-7-6-11(15-2)9-12(13)14/h6-7,9-10,15H,3-5,8H2,1-2H3/t10-/m0/s1. The number of nitrogens with zero attached hydrogens (tertiary/aromatic N) is 1. The minimum Gasteiger partial charge on any atom is -0.388 e. The summed E-state index contributed by atoms with van der Waals surface area (Å²) in [6.07, 6.45) is 3.88. The first-order valence-corrected chi connectivity index (χ1v) is 6.34. The van der Waals surface area contributed by atoms with Crippen molar-refractivity contribution in [1.29, 1.82) is 0 Å². The molecule has 0 aliphatic carbocycles. The lowest BCUT2D eigenvalue weighted by atomic mass is 10.0. The Balaban J connectivity index is 2.25. The molecule has 0 radical (unpaired) electrons. The van der Waals surface area contributed by atoms with E-state index in [-0.39, 0.29) is 0 Å². The highest BCUT2D eigenvalue weighted by Crippen LogP contribution is 2.32. The summed E-state index contributed by atoms with van der Waals surface area (Å²) in [6, 6.07) is 6.81. The molecule has 0 spiro atoms. The molecule has 3 heteroatoms. The third-order valence-electron chi connectivity index (χ3n) is 3.35. The first kappa shape index (κ1) is 11.6. The van der Waals surface area contributed by atoms with Crippen molar-refractivity contribution < 1.29 is 0 Å². The minimum absolute atomic E-state index is 0.603. The van der Waals surface area contributed by atoms with E-state index in [1.54, 1.807) is 0 Å². The summed E-state index contributed by atoms with van der Waals surface area (Å²) in [7, 11) is 1.91. The van der Waals surface area contributed by atoms with Gasteiger partial charge in [0.1, 0.15) is 0 Å². The SMILES string of the molecule is CNc1ccc(N2CCCC[C@@H]2C)c(Cl)c1. The molecule has 1 fully saturated rings. The van der Waals surface area contributed by atoms with Crippen LogP contribution in [0.15, 0.2) is 18.2 Å². The number of nitrogens with one attached hydrogen (secondary N) is 1. The molecule has 2 rings (SSSR count). The molecule has 0 bridgehead atoms. The van der Waals surface area contributed by atoms with Crippen LogP contribution in [-0.4, -0.2) is 19.6 Å². The van der Waals surface area contributed by atoms with Crippen LogP contribution < -0.4 is 10.2 Å². The maximum atomic E-state index is 6.33. The number of rotatable bonds is 2. The molecule has 1 heterocycles. The Bertz CT molecular complexity index is 365. The van der Waals surface area contributed by atoms with E-state index in [2.05, 4.69) is 29.3 Å². The van der Waals surface area contributed by atoms with Gasteiger partial charge in [-0.15, -0.1) is 0 Å². The molecule has 0 unspecified atom stereocenters. The van der Waals surface area contributed by atoms with Crippen molar-refractivity contribution in [1.82, 2.24) is 0 Å². The minimum atomic E-state index is 0.603. The van der Waals surface area contributed by atoms with Gasteiger partial charge < -0.3 is 10.2 Å². The fraction of sp³-hybridized carbons (Fsp3) is 0.538. The van der Waals surface area contributed by atoms with Crippen molar-refractivity contribution in [2.45, 2.75) is 32.2 Å². The van der Waals surface area contributed by atoms with E-state index in [9.17, 15) is 0 Å². The van der Waals surface area contributed by atoms with Crippen LogP contribution >= 0.6 is 11.6 Å². The van der Waals surface area contributed by atoms with Gasteiger partial charge in [0.15, 0.2) is 0 Å². The fourth-order valence-corrected chi connectivity index (χ4v) is 2.64. The smallest absolute Gasteiger partial charge is 0.0660 e. The van der Waals surface area contributed by atoms with Crippen LogP contribution in [0.2, 0.25) is 5.02 Å². The Hall–Kier alpha value is -0.890. The molecule has 1 aliphatic heterocycles. The molecule has 1 N–H and O–H groups in total. The van der Waals surface area contributed by atoms with Crippen LogP contribution in [0, 0.1) is 0 Å². The monoisotopic (exact) mass is 238 g/mol. The Morgan fingerprint density at radius 2 is 2.19 bits per heavy atom. The maximum Gasteiger partial charge on any atom is 0.0660 e. The molecule has 1 aromatic rings. The average molecular weight is 239 g/mol. The highest BCUT2D eigenvalue weighted by Gasteiger charge is 2.20. The van der Waals surface area contributed by atoms with Gasteiger partial charge in [-0.2, -0.15) is 0 Å². The summed E-state index contributed by atoms with van der Waals surface area (Å²) in [6.45, 7) is 3.40. The highest BCUT2D eigenvalue weighted by molar-refractivity contribution is 6.33. The number of anilines is 2. The lowest BCUT2D eigenvalue weighted by Crippen LogP contribution is -2.37. The van der Waals surface area contributed by atoms with E-state index >= 15 is 0 Å². The molecule has 1 aromatic carbocycles. The quantitative estimate of drug-likeness (QED) is 0.844. The summed E-state index contributed by atoms with van der Waals surface area (Å²) in [5.41, 5.74) is 2.24. The van der Waals surface area contributed by atoms with E-state index in [4.69, 9.17) is 11.6 Å². The van der Waals surface area contributed by atoms with Gasteiger partial charge in [0.2, 0.25) is 0 Å². The van der Waals surface area contributed by atoms with Gasteiger partial charge in [-0.3, -0.25) is 0 Å². The molecule has 1 aliphatic rings. The number of piperidine rings is 1. The number of hydrogen-bond donors (Lipinski definition) is 1. The third kappa shape index (κ3) is 2.27. The third-order valence-corrected chi connectivity index (χ3v) is 3.65. The van der Waals surface area contributed by atoms with Crippen LogP contribution in [0.3, 0.4) is 0 Å². The number of benzene rings is 1. The van der Waals surface area contributed by atoms with Gasteiger partial charge in [0.05, 0.1) is 10.7 Å². The van der Waals surface area contributed by atoms with Crippen molar-refractivity contribution >= 4 is 23.0 Å². The molecule has 1 saturated heterocycles. The largest absolute Gasteiger partial charge is 0.388 e. The summed E-state index contributed by atoms with van der Waals surface area (Å²) in [5.74, 6) is 0. The topological polar surface area (TPSA) is 15.3 Å². The number of hydrogen-bond acceptors (Lipinski definition) is 2. The Morgan fingerprint density at radius 1 is 1.38 bits per heavy atom. The van der Waals surface area contributed by atoms with Crippen molar-refractivity contribution in [2.75, 3.05) is 23.8 Å². The molecule has 16 heavy (non-hydrogen) atoms. The van der Waals surface area contributed by atoms with Crippen LogP contribution in [0.1, 0.15) is 26.2 Å². The van der Waals surface area contributed by atoms with Crippen molar-refractivity contribution in [2.24, 2.45) is 0 Å². The second-order valence-corrected chi connectivity index (χ2v) is 4.86. The van der Waals surface area contributed by atoms with Crippen LogP contribution in [0.5, 0.6) is 0 Å². The van der Waals surface area contributed by atoms with E-state index in [0.29, 0.717) is 6.04 Å². The van der Waals surface area contributed by atoms with Crippen molar-refractivity contribution in [3.05, 3.63) is 23.2 Å². The maximum absolute atomic E-state index is 6.33. The van der Waals surface area contributed by atoms with Crippen LogP contribution in [-0.2, 0) is 0 Å². The summed E-state index contributed by atoms with van der Waals surface area (Å²) >= 11 is 6.33. The summed E-state index contributed by atoms with van der Waals surface area (Å²) < 4.78 is 0. The zero-order valence-electron chi connectivity index (χ0n) is 9.96. The predicted molar refractivity (Wildman–Crippen MR) is 71.7 cm³/mol. The van der Waals surface area contributed by atoms with Gasteiger partial charge in [-0.1, -0.05) is 11.6 Å². The lowest BCUT2D eigenvalue weighted by molar-refractivity contribution is 0.485. The molecular weight excluding hydrogens is 220 g/mol. The van der Waals surface area contributed by atoms with E-state index in [0.717, 1.165) is 17.3 Å². The molecule has 0 aromatic heterocycles. The molecular formula is C13H19ClN2. The van der Waals surface area contributed by atoms with Gasteiger partial charge in [0, 0.05) is 25.3 Å². The Kier molecular flexibility index (Phi) is 3.59. The lowest BCUT2D eigenvalue weighted by Gasteiger charge is -2.36. The summed E-state index contributed by atoms with van der Waals surface area (Å²) in [5, 5.41) is 3.95. The average Bonchev–Trinajstić information content (AvgIpc) is 2.30. The first-order chi connectivity index (χ1) is 7.72.